The van der Waals surface area contributed by atoms with Crippen LogP contribution < -0.4 is 10.2 Å². The Bertz CT molecular complexity index is 693. The zero-order chi connectivity index (χ0) is 13.9. The van der Waals surface area contributed by atoms with Crippen LogP contribution in [0.15, 0.2) is 47.5 Å². The number of nitrogens with zero attached hydrogens (tertiary/aromatic N) is 1. The van der Waals surface area contributed by atoms with Gasteiger partial charge in [0, 0.05) is 30.6 Å². The second-order valence-electron chi connectivity index (χ2n) is 4.61. The van der Waals surface area contributed by atoms with Gasteiger partial charge in [0.25, 0.3) is 5.91 Å². The summed E-state index contributed by atoms with van der Waals surface area (Å²) in [6.07, 6.45) is 2.96. The molecule has 0 bridgehead atoms. The molecule has 0 unspecified atom stereocenters. The van der Waals surface area contributed by atoms with Crippen LogP contribution in [0.1, 0.15) is 15.9 Å². The molecule has 2 heterocycles. The highest BCUT2D eigenvalue weighted by atomic mass is 16.5. The van der Waals surface area contributed by atoms with Crippen LogP contribution in [0.5, 0.6) is 5.75 Å². The number of hydrogen-bond donors (Lipinski definition) is 1. The summed E-state index contributed by atoms with van der Waals surface area (Å²) in [5, 5.41) is 0. The van der Waals surface area contributed by atoms with Crippen LogP contribution in [0.3, 0.4) is 0 Å². The van der Waals surface area contributed by atoms with Gasteiger partial charge in [-0.05, 0) is 6.07 Å². The number of aromatic nitrogens is 1. The summed E-state index contributed by atoms with van der Waals surface area (Å²) in [5.41, 5.74) is 0.838. The molecule has 0 fully saturated rings. The molecule has 2 aromatic rings. The summed E-state index contributed by atoms with van der Waals surface area (Å²) in [5.74, 6) is 0.525. The fourth-order valence-corrected chi connectivity index (χ4v) is 2.25. The van der Waals surface area contributed by atoms with E-state index in [1.54, 1.807) is 4.90 Å². The number of para-hydroxylation sites is 1. The third kappa shape index (κ3) is 2.30. The first-order valence-corrected chi connectivity index (χ1v) is 6.43. The number of nitrogens with one attached hydrogen (secondary N) is 1. The lowest BCUT2D eigenvalue weighted by Gasteiger charge is -2.19. The van der Waals surface area contributed by atoms with Crippen molar-refractivity contribution in [2.75, 3.05) is 13.2 Å². The fraction of sp³-hybridized carbons (Fsp3) is 0.200. The molecule has 1 amide bonds. The van der Waals surface area contributed by atoms with Crippen LogP contribution in [0.4, 0.5) is 0 Å². The number of ether oxygens (including phenoxy) is 1. The third-order valence-corrected chi connectivity index (χ3v) is 3.29. The molecule has 1 aliphatic rings. The van der Waals surface area contributed by atoms with Crippen molar-refractivity contribution in [3.8, 4) is 5.75 Å². The second-order valence-corrected chi connectivity index (χ2v) is 4.61. The molecular formula is C15H14N2O3. The molecule has 0 aliphatic carbocycles. The molecule has 5 nitrogen and oxygen atoms in total. The first kappa shape index (κ1) is 12.5. The molecule has 5 heteroatoms. The van der Waals surface area contributed by atoms with E-state index in [2.05, 4.69) is 4.98 Å². The average molecular weight is 270 g/mol. The van der Waals surface area contributed by atoms with Crippen molar-refractivity contribution in [1.82, 2.24) is 9.88 Å². The quantitative estimate of drug-likeness (QED) is 0.852. The molecular weight excluding hydrogens is 256 g/mol. The van der Waals surface area contributed by atoms with Crippen molar-refractivity contribution < 1.29 is 9.53 Å². The number of rotatable bonds is 1. The summed E-state index contributed by atoms with van der Waals surface area (Å²) in [4.78, 5) is 28.6. The molecule has 0 radical (unpaired) electrons. The van der Waals surface area contributed by atoms with Crippen LogP contribution in [0, 0.1) is 0 Å². The first-order valence-electron chi connectivity index (χ1n) is 6.43. The smallest absolute Gasteiger partial charge is 0.259 e. The molecule has 1 N–H and O–H groups in total. The minimum atomic E-state index is -0.271. The highest BCUT2D eigenvalue weighted by Gasteiger charge is 2.22. The van der Waals surface area contributed by atoms with Gasteiger partial charge >= 0.3 is 0 Å². The van der Waals surface area contributed by atoms with Gasteiger partial charge in [0.15, 0.2) is 5.43 Å². The van der Waals surface area contributed by atoms with Crippen molar-refractivity contribution in [2.45, 2.75) is 6.54 Å². The number of fused-ring (bicyclic) bond motifs is 1. The van der Waals surface area contributed by atoms with Crippen LogP contribution >= 0.6 is 0 Å². The van der Waals surface area contributed by atoms with Crippen molar-refractivity contribution >= 4 is 5.91 Å². The lowest BCUT2D eigenvalue weighted by molar-refractivity contribution is 0.0731. The fourth-order valence-electron chi connectivity index (χ4n) is 2.25. The Balaban J connectivity index is 1.90. The number of carbonyl (C=O) groups excluding carboxylic acids is 1. The van der Waals surface area contributed by atoms with E-state index in [9.17, 15) is 9.59 Å². The molecule has 20 heavy (non-hydrogen) atoms. The van der Waals surface area contributed by atoms with Crippen molar-refractivity contribution in [2.24, 2.45) is 0 Å². The number of amides is 1. The maximum absolute atomic E-state index is 12.4. The lowest BCUT2D eigenvalue weighted by Crippen LogP contribution is -2.35. The van der Waals surface area contributed by atoms with Gasteiger partial charge in [-0.3, -0.25) is 9.59 Å². The van der Waals surface area contributed by atoms with Crippen LogP contribution in [-0.4, -0.2) is 28.9 Å². The number of aromatic amines is 1. The number of hydrogen-bond acceptors (Lipinski definition) is 3. The Morgan fingerprint density at radius 1 is 1.25 bits per heavy atom. The molecule has 0 atom stereocenters. The summed E-state index contributed by atoms with van der Waals surface area (Å²) in [6, 6.07) is 8.98. The second kappa shape index (κ2) is 5.21. The van der Waals surface area contributed by atoms with Gasteiger partial charge in [-0.1, -0.05) is 18.2 Å². The minimum Gasteiger partial charge on any atom is -0.491 e. The van der Waals surface area contributed by atoms with Gasteiger partial charge in [-0.25, -0.2) is 0 Å². The van der Waals surface area contributed by atoms with Gasteiger partial charge in [0.2, 0.25) is 0 Å². The number of H-pyrrole nitrogens is 1. The largest absolute Gasteiger partial charge is 0.491 e. The van der Waals surface area contributed by atoms with Gasteiger partial charge in [-0.15, -0.1) is 0 Å². The van der Waals surface area contributed by atoms with E-state index in [0.717, 1.165) is 11.3 Å². The molecule has 1 aromatic heterocycles. The number of pyridine rings is 1. The normalized spacial score (nSPS) is 14.1. The van der Waals surface area contributed by atoms with E-state index in [1.807, 2.05) is 24.3 Å². The predicted molar refractivity (Wildman–Crippen MR) is 73.7 cm³/mol. The van der Waals surface area contributed by atoms with E-state index in [-0.39, 0.29) is 16.9 Å². The monoisotopic (exact) mass is 270 g/mol. The third-order valence-electron chi connectivity index (χ3n) is 3.29. The summed E-state index contributed by atoms with van der Waals surface area (Å²) in [6.45, 7) is 1.33. The zero-order valence-corrected chi connectivity index (χ0v) is 10.8. The Morgan fingerprint density at radius 2 is 2.10 bits per heavy atom. The van der Waals surface area contributed by atoms with Crippen molar-refractivity contribution in [3.05, 3.63) is 64.1 Å². The van der Waals surface area contributed by atoms with Crippen molar-refractivity contribution in [1.29, 1.82) is 0 Å². The van der Waals surface area contributed by atoms with Gasteiger partial charge in [-0.2, -0.15) is 0 Å². The molecule has 0 saturated carbocycles. The van der Waals surface area contributed by atoms with Crippen LogP contribution in [0.2, 0.25) is 0 Å². The molecule has 0 saturated heterocycles. The Morgan fingerprint density at radius 3 is 2.95 bits per heavy atom. The van der Waals surface area contributed by atoms with Gasteiger partial charge in [0.05, 0.1) is 6.54 Å². The lowest BCUT2D eigenvalue weighted by atomic mass is 10.1. The molecule has 1 aliphatic heterocycles. The summed E-state index contributed by atoms with van der Waals surface area (Å²) < 4.78 is 5.62. The van der Waals surface area contributed by atoms with Crippen molar-refractivity contribution in [3.63, 3.8) is 0 Å². The molecule has 1 aromatic carbocycles. The molecule has 3 rings (SSSR count). The number of benzene rings is 1. The Labute approximate surface area is 115 Å². The van der Waals surface area contributed by atoms with Gasteiger partial charge < -0.3 is 14.6 Å². The summed E-state index contributed by atoms with van der Waals surface area (Å²) >= 11 is 0. The standard InChI is InChI=1S/C15H14N2O3/c18-13-5-6-16-9-12(13)15(19)17-7-8-20-14-4-2-1-3-11(14)10-17/h1-6,9H,7-8,10H2,(H,16,18). The Hall–Kier alpha value is -2.56. The van der Waals surface area contributed by atoms with E-state index in [1.165, 1.54) is 18.5 Å². The summed E-state index contributed by atoms with van der Waals surface area (Å²) in [7, 11) is 0. The maximum atomic E-state index is 12.4. The highest BCUT2D eigenvalue weighted by molar-refractivity contribution is 5.93. The Kier molecular flexibility index (Phi) is 3.25. The maximum Gasteiger partial charge on any atom is 0.259 e. The average Bonchev–Trinajstić information content (AvgIpc) is 2.69. The minimum absolute atomic E-state index is 0.159. The predicted octanol–water partition coefficient (Wildman–Crippen LogP) is 1.41. The zero-order valence-electron chi connectivity index (χ0n) is 10.8. The number of carbonyl (C=O) groups is 1. The molecule has 0 spiro atoms. The first-order chi connectivity index (χ1) is 9.75. The highest BCUT2D eigenvalue weighted by Crippen LogP contribution is 2.22. The van der Waals surface area contributed by atoms with Crippen LogP contribution in [-0.2, 0) is 6.54 Å². The van der Waals surface area contributed by atoms with Gasteiger partial charge in [0.1, 0.15) is 17.9 Å². The van der Waals surface area contributed by atoms with E-state index >= 15 is 0 Å². The van der Waals surface area contributed by atoms with E-state index < -0.39 is 0 Å². The molecule has 102 valence electrons. The van der Waals surface area contributed by atoms with E-state index in [4.69, 9.17) is 4.74 Å². The topological polar surface area (TPSA) is 62.4 Å². The van der Waals surface area contributed by atoms with Crippen LogP contribution in [0.25, 0.3) is 0 Å². The SMILES string of the molecule is O=C(c1c[nH]ccc1=O)N1CCOc2ccccc2C1. The van der Waals surface area contributed by atoms with E-state index in [0.29, 0.717) is 19.7 Å².